The number of rotatable bonds is 4. The van der Waals surface area contributed by atoms with E-state index in [0.717, 1.165) is 6.42 Å². The SMILES string of the molecule is CC[C@H](C)CC(=O)NC(=O)Nc1ccccc1. The molecule has 4 nitrogen and oxygen atoms in total. The summed E-state index contributed by atoms with van der Waals surface area (Å²) in [6.45, 7) is 4.00. The van der Waals surface area contributed by atoms with Crippen LogP contribution in [0.4, 0.5) is 10.5 Å². The van der Waals surface area contributed by atoms with Gasteiger partial charge in [0.25, 0.3) is 0 Å². The van der Waals surface area contributed by atoms with Gasteiger partial charge in [0.15, 0.2) is 0 Å². The molecule has 0 saturated heterocycles. The zero-order chi connectivity index (χ0) is 12.7. The smallest absolute Gasteiger partial charge is 0.308 e. The van der Waals surface area contributed by atoms with Crippen molar-refractivity contribution in [2.24, 2.45) is 5.92 Å². The summed E-state index contributed by atoms with van der Waals surface area (Å²) in [5.41, 5.74) is 0.668. The lowest BCUT2D eigenvalue weighted by Gasteiger charge is -2.09. The minimum Gasteiger partial charge on any atom is -0.308 e. The molecule has 4 heteroatoms. The van der Waals surface area contributed by atoms with Gasteiger partial charge in [0.1, 0.15) is 0 Å². The number of carbonyl (C=O) groups is 2. The van der Waals surface area contributed by atoms with Gasteiger partial charge in [-0.3, -0.25) is 10.1 Å². The molecule has 1 atom stereocenters. The third-order valence-corrected chi connectivity index (χ3v) is 2.52. The molecule has 0 heterocycles. The Morgan fingerprint density at radius 3 is 2.47 bits per heavy atom. The molecule has 1 aromatic rings. The lowest BCUT2D eigenvalue weighted by Crippen LogP contribution is -2.35. The molecule has 0 unspecified atom stereocenters. The molecular weight excluding hydrogens is 216 g/mol. The van der Waals surface area contributed by atoms with Gasteiger partial charge in [-0.2, -0.15) is 0 Å². The Morgan fingerprint density at radius 1 is 1.24 bits per heavy atom. The van der Waals surface area contributed by atoms with E-state index in [2.05, 4.69) is 10.6 Å². The average molecular weight is 234 g/mol. The molecule has 0 radical (unpaired) electrons. The molecule has 0 bridgehead atoms. The third kappa shape index (κ3) is 5.15. The number of anilines is 1. The number of benzene rings is 1. The predicted molar refractivity (Wildman–Crippen MR) is 67.7 cm³/mol. The van der Waals surface area contributed by atoms with E-state index in [1.54, 1.807) is 12.1 Å². The van der Waals surface area contributed by atoms with Crippen molar-refractivity contribution in [3.63, 3.8) is 0 Å². The second-order valence-electron chi connectivity index (χ2n) is 4.09. The second kappa shape index (κ2) is 6.68. The summed E-state index contributed by atoms with van der Waals surface area (Å²) in [6.07, 6.45) is 1.30. The zero-order valence-corrected chi connectivity index (χ0v) is 10.2. The fraction of sp³-hybridized carbons (Fsp3) is 0.385. The van der Waals surface area contributed by atoms with Crippen LogP contribution >= 0.6 is 0 Å². The molecular formula is C13H18N2O2. The molecule has 17 heavy (non-hydrogen) atoms. The van der Waals surface area contributed by atoms with Crippen molar-refractivity contribution in [3.05, 3.63) is 30.3 Å². The molecule has 0 aliphatic heterocycles. The Bertz CT molecular complexity index is 376. The van der Waals surface area contributed by atoms with E-state index in [1.807, 2.05) is 32.0 Å². The highest BCUT2D eigenvalue weighted by molar-refractivity contribution is 6.01. The van der Waals surface area contributed by atoms with Crippen molar-refractivity contribution < 1.29 is 9.59 Å². The van der Waals surface area contributed by atoms with Crippen LogP contribution in [0.15, 0.2) is 30.3 Å². The van der Waals surface area contributed by atoms with Gasteiger partial charge in [-0.05, 0) is 18.1 Å². The number of imide groups is 1. The molecule has 0 aliphatic rings. The quantitative estimate of drug-likeness (QED) is 0.841. The van der Waals surface area contributed by atoms with Crippen LogP contribution in [0, 0.1) is 5.92 Å². The third-order valence-electron chi connectivity index (χ3n) is 2.52. The van der Waals surface area contributed by atoms with E-state index in [9.17, 15) is 9.59 Å². The minimum atomic E-state index is -0.482. The minimum absolute atomic E-state index is 0.243. The zero-order valence-electron chi connectivity index (χ0n) is 10.2. The molecule has 0 fully saturated rings. The Labute approximate surface area is 101 Å². The molecule has 3 amide bonds. The van der Waals surface area contributed by atoms with Crippen molar-refractivity contribution >= 4 is 17.6 Å². The maximum atomic E-state index is 11.4. The topological polar surface area (TPSA) is 58.2 Å². The first kappa shape index (κ1) is 13.2. The van der Waals surface area contributed by atoms with Gasteiger partial charge in [-0.1, -0.05) is 38.5 Å². The van der Waals surface area contributed by atoms with E-state index in [4.69, 9.17) is 0 Å². The Kier molecular flexibility index (Phi) is 5.20. The predicted octanol–water partition coefficient (Wildman–Crippen LogP) is 2.77. The van der Waals surface area contributed by atoms with Gasteiger partial charge in [0, 0.05) is 12.1 Å². The molecule has 0 spiro atoms. The molecule has 92 valence electrons. The standard InChI is InChI=1S/C13H18N2O2/c1-3-10(2)9-12(16)15-13(17)14-11-7-5-4-6-8-11/h4-8,10H,3,9H2,1-2H3,(H2,14,15,16,17)/t10-/m0/s1. The summed E-state index contributed by atoms with van der Waals surface area (Å²) in [5.74, 6) is 0.0484. The van der Waals surface area contributed by atoms with Crippen LogP contribution in [0.1, 0.15) is 26.7 Å². The number of carbonyl (C=O) groups excluding carboxylic acids is 2. The van der Waals surface area contributed by atoms with E-state index in [-0.39, 0.29) is 5.91 Å². The number of hydrogen-bond donors (Lipinski definition) is 2. The van der Waals surface area contributed by atoms with Crippen LogP contribution in [-0.4, -0.2) is 11.9 Å². The van der Waals surface area contributed by atoms with Crippen LogP contribution in [0.3, 0.4) is 0 Å². The summed E-state index contributed by atoms with van der Waals surface area (Å²) >= 11 is 0. The average Bonchev–Trinajstić information content (AvgIpc) is 2.29. The summed E-state index contributed by atoms with van der Waals surface area (Å²) in [4.78, 5) is 22.9. The van der Waals surface area contributed by atoms with Crippen LogP contribution < -0.4 is 10.6 Å². The molecule has 1 rings (SSSR count). The second-order valence-corrected chi connectivity index (χ2v) is 4.09. The monoisotopic (exact) mass is 234 g/mol. The Hall–Kier alpha value is -1.84. The van der Waals surface area contributed by atoms with Crippen LogP contribution in [-0.2, 0) is 4.79 Å². The van der Waals surface area contributed by atoms with Crippen LogP contribution in [0.25, 0.3) is 0 Å². The number of hydrogen-bond acceptors (Lipinski definition) is 2. The molecule has 0 aliphatic carbocycles. The highest BCUT2D eigenvalue weighted by atomic mass is 16.2. The maximum Gasteiger partial charge on any atom is 0.325 e. The Morgan fingerprint density at radius 2 is 1.88 bits per heavy atom. The van der Waals surface area contributed by atoms with Gasteiger partial charge < -0.3 is 5.32 Å². The first-order chi connectivity index (χ1) is 8.11. The van der Waals surface area contributed by atoms with Crippen molar-refractivity contribution in [2.75, 3.05) is 5.32 Å². The summed E-state index contributed by atoms with van der Waals surface area (Å²) in [7, 11) is 0. The van der Waals surface area contributed by atoms with Crippen molar-refractivity contribution in [1.82, 2.24) is 5.32 Å². The maximum absolute atomic E-state index is 11.4. The lowest BCUT2D eigenvalue weighted by molar-refractivity contribution is -0.120. The first-order valence-electron chi connectivity index (χ1n) is 5.77. The summed E-state index contributed by atoms with van der Waals surface area (Å²) in [5, 5.41) is 4.90. The molecule has 0 saturated carbocycles. The van der Waals surface area contributed by atoms with Crippen molar-refractivity contribution in [1.29, 1.82) is 0 Å². The summed E-state index contributed by atoms with van der Waals surface area (Å²) in [6, 6.07) is 8.53. The van der Waals surface area contributed by atoms with E-state index >= 15 is 0 Å². The highest BCUT2D eigenvalue weighted by Gasteiger charge is 2.10. The normalized spacial score (nSPS) is 11.6. The van der Waals surface area contributed by atoms with E-state index in [0.29, 0.717) is 18.0 Å². The van der Waals surface area contributed by atoms with E-state index < -0.39 is 6.03 Å². The lowest BCUT2D eigenvalue weighted by atomic mass is 10.1. The number of amides is 3. The van der Waals surface area contributed by atoms with E-state index in [1.165, 1.54) is 0 Å². The van der Waals surface area contributed by atoms with Gasteiger partial charge in [0.05, 0.1) is 0 Å². The molecule has 2 N–H and O–H groups in total. The van der Waals surface area contributed by atoms with Crippen molar-refractivity contribution in [2.45, 2.75) is 26.7 Å². The van der Waals surface area contributed by atoms with Crippen molar-refractivity contribution in [3.8, 4) is 0 Å². The fourth-order valence-electron chi connectivity index (χ4n) is 1.32. The van der Waals surface area contributed by atoms with Gasteiger partial charge in [0.2, 0.25) is 5.91 Å². The number of nitrogens with one attached hydrogen (secondary N) is 2. The number of urea groups is 1. The fourth-order valence-corrected chi connectivity index (χ4v) is 1.32. The summed E-state index contributed by atoms with van der Waals surface area (Å²) < 4.78 is 0. The Balaban J connectivity index is 2.37. The van der Waals surface area contributed by atoms with Crippen LogP contribution in [0.2, 0.25) is 0 Å². The van der Waals surface area contributed by atoms with Gasteiger partial charge in [-0.25, -0.2) is 4.79 Å². The van der Waals surface area contributed by atoms with Gasteiger partial charge >= 0.3 is 6.03 Å². The van der Waals surface area contributed by atoms with Crippen LogP contribution in [0.5, 0.6) is 0 Å². The van der Waals surface area contributed by atoms with Gasteiger partial charge in [-0.15, -0.1) is 0 Å². The number of para-hydroxylation sites is 1. The largest absolute Gasteiger partial charge is 0.325 e. The first-order valence-corrected chi connectivity index (χ1v) is 5.77. The molecule has 0 aromatic heterocycles. The molecule has 1 aromatic carbocycles. The highest BCUT2D eigenvalue weighted by Crippen LogP contribution is 2.06.